The smallest absolute Gasteiger partial charge is 0.282 e. The average molecular weight is 446 g/mol. The molecular formula is C23H16BrN3O2. The number of aromatic nitrogens is 2. The standard InChI is InChI=1S/C23H16BrN3O2/c1-3-12-29-22-11-8-16-6-4-5-7-18(16)20(22)14-25-27-15(2)26-21-10-9-17(24)13-19(21)23(27)28/h1,4-11,13-14H,12H2,2H3. The molecule has 5 nitrogen and oxygen atoms in total. The van der Waals surface area contributed by atoms with Crippen molar-refractivity contribution in [2.24, 2.45) is 5.10 Å². The summed E-state index contributed by atoms with van der Waals surface area (Å²) in [4.78, 5) is 17.5. The molecule has 4 rings (SSSR count). The average Bonchev–Trinajstić information content (AvgIpc) is 2.73. The minimum absolute atomic E-state index is 0.143. The number of ether oxygens (including phenoxy) is 1. The lowest BCUT2D eigenvalue weighted by Gasteiger charge is -2.10. The van der Waals surface area contributed by atoms with E-state index in [1.165, 1.54) is 4.68 Å². The zero-order valence-electron chi connectivity index (χ0n) is 15.6. The molecule has 0 bridgehead atoms. The SMILES string of the molecule is C#CCOc1ccc2ccccc2c1C=Nn1c(C)nc2ccc(Br)cc2c1=O. The molecule has 6 heteroatoms. The normalized spacial score (nSPS) is 11.2. The molecule has 0 unspecified atom stereocenters. The topological polar surface area (TPSA) is 56.5 Å². The van der Waals surface area contributed by atoms with Gasteiger partial charge in [0.05, 0.1) is 17.1 Å². The van der Waals surface area contributed by atoms with Gasteiger partial charge in [-0.15, -0.1) is 6.42 Å². The van der Waals surface area contributed by atoms with Gasteiger partial charge in [-0.1, -0.05) is 52.2 Å². The summed E-state index contributed by atoms with van der Waals surface area (Å²) in [5.74, 6) is 3.57. The van der Waals surface area contributed by atoms with Crippen molar-refractivity contribution in [2.75, 3.05) is 6.61 Å². The Balaban J connectivity index is 1.89. The van der Waals surface area contributed by atoms with E-state index in [0.29, 0.717) is 22.5 Å². The van der Waals surface area contributed by atoms with Crippen molar-refractivity contribution in [3.8, 4) is 18.1 Å². The minimum atomic E-state index is -0.239. The molecule has 29 heavy (non-hydrogen) atoms. The summed E-state index contributed by atoms with van der Waals surface area (Å²) in [7, 11) is 0. The highest BCUT2D eigenvalue weighted by Crippen LogP contribution is 2.27. The van der Waals surface area contributed by atoms with Crippen LogP contribution in [0.4, 0.5) is 0 Å². The molecule has 1 heterocycles. The zero-order valence-corrected chi connectivity index (χ0v) is 17.2. The van der Waals surface area contributed by atoms with Gasteiger partial charge in [-0.3, -0.25) is 4.79 Å². The summed E-state index contributed by atoms with van der Waals surface area (Å²) in [6, 6.07) is 17.1. The van der Waals surface area contributed by atoms with Gasteiger partial charge in [0, 0.05) is 10.0 Å². The molecule has 3 aromatic carbocycles. The maximum absolute atomic E-state index is 13.0. The molecule has 0 fully saturated rings. The number of fused-ring (bicyclic) bond motifs is 2. The molecule has 0 saturated carbocycles. The third-order valence-electron chi connectivity index (χ3n) is 4.51. The van der Waals surface area contributed by atoms with Gasteiger partial charge in [0.1, 0.15) is 18.2 Å². The van der Waals surface area contributed by atoms with Crippen LogP contribution in [0.1, 0.15) is 11.4 Å². The number of hydrogen-bond donors (Lipinski definition) is 0. The van der Waals surface area contributed by atoms with Gasteiger partial charge in [0.2, 0.25) is 0 Å². The first-order valence-corrected chi connectivity index (χ1v) is 9.69. The number of benzene rings is 3. The predicted molar refractivity (Wildman–Crippen MR) is 120 cm³/mol. The van der Waals surface area contributed by atoms with Crippen molar-refractivity contribution >= 4 is 43.8 Å². The molecule has 0 aliphatic rings. The Bertz CT molecular complexity index is 1370. The Labute approximate surface area is 175 Å². The lowest BCUT2D eigenvalue weighted by atomic mass is 10.0. The van der Waals surface area contributed by atoms with Crippen molar-refractivity contribution in [2.45, 2.75) is 6.92 Å². The van der Waals surface area contributed by atoms with E-state index in [2.05, 4.69) is 31.9 Å². The van der Waals surface area contributed by atoms with Crippen molar-refractivity contribution < 1.29 is 4.74 Å². The van der Waals surface area contributed by atoms with Crippen LogP contribution in [0.2, 0.25) is 0 Å². The summed E-state index contributed by atoms with van der Waals surface area (Å²) < 4.78 is 7.79. The summed E-state index contributed by atoms with van der Waals surface area (Å²) in [5.41, 5.74) is 1.14. The van der Waals surface area contributed by atoms with Gasteiger partial charge >= 0.3 is 0 Å². The summed E-state index contributed by atoms with van der Waals surface area (Å²) in [6.45, 7) is 1.89. The molecule has 0 atom stereocenters. The van der Waals surface area contributed by atoms with E-state index in [1.54, 1.807) is 25.3 Å². The second-order valence-electron chi connectivity index (χ2n) is 6.37. The van der Waals surface area contributed by atoms with Crippen molar-refractivity contribution in [3.05, 3.63) is 80.8 Å². The molecule has 0 radical (unpaired) electrons. The number of hydrogen-bond acceptors (Lipinski definition) is 4. The number of aryl methyl sites for hydroxylation is 1. The highest BCUT2D eigenvalue weighted by Gasteiger charge is 2.10. The fraction of sp³-hybridized carbons (Fsp3) is 0.0870. The second kappa shape index (κ2) is 7.90. The van der Waals surface area contributed by atoms with Crippen LogP contribution in [0.5, 0.6) is 5.75 Å². The van der Waals surface area contributed by atoms with E-state index in [-0.39, 0.29) is 12.2 Å². The molecule has 0 N–H and O–H groups in total. The lowest BCUT2D eigenvalue weighted by Crippen LogP contribution is -2.20. The third kappa shape index (κ3) is 3.65. The monoisotopic (exact) mass is 445 g/mol. The van der Waals surface area contributed by atoms with E-state index in [0.717, 1.165) is 20.8 Å². The molecule has 0 aliphatic heterocycles. The Morgan fingerprint density at radius 2 is 2.03 bits per heavy atom. The lowest BCUT2D eigenvalue weighted by molar-refractivity contribution is 0.370. The van der Waals surface area contributed by atoms with E-state index in [9.17, 15) is 4.79 Å². The number of terminal acetylenes is 1. The largest absolute Gasteiger partial charge is 0.480 e. The minimum Gasteiger partial charge on any atom is -0.480 e. The van der Waals surface area contributed by atoms with Gasteiger partial charge in [-0.2, -0.15) is 9.78 Å². The van der Waals surface area contributed by atoms with E-state index in [4.69, 9.17) is 11.2 Å². The van der Waals surface area contributed by atoms with Crippen LogP contribution in [0, 0.1) is 19.3 Å². The van der Waals surface area contributed by atoms with Crippen molar-refractivity contribution in [1.82, 2.24) is 9.66 Å². The quantitative estimate of drug-likeness (QED) is 0.342. The van der Waals surface area contributed by atoms with E-state index < -0.39 is 0 Å². The first-order chi connectivity index (χ1) is 14.1. The van der Waals surface area contributed by atoms with Crippen LogP contribution in [-0.2, 0) is 0 Å². The molecular weight excluding hydrogens is 430 g/mol. The molecule has 1 aromatic heterocycles. The highest BCUT2D eigenvalue weighted by atomic mass is 79.9. The first-order valence-electron chi connectivity index (χ1n) is 8.90. The van der Waals surface area contributed by atoms with Gasteiger partial charge in [-0.25, -0.2) is 4.98 Å². The highest BCUT2D eigenvalue weighted by molar-refractivity contribution is 9.10. The van der Waals surface area contributed by atoms with Gasteiger partial charge in [-0.05, 0) is 42.0 Å². The van der Waals surface area contributed by atoms with Crippen LogP contribution in [0.15, 0.2) is 69.0 Å². The maximum atomic E-state index is 13.0. The van der Waals surface area contributed by atoms with Gasteiger partial charge in [0.15, 0.2) is 0 Å². The third-order valence-corrected chi connectivity index (χ3v) is 5.01. The molecule has 0 aliphatic carbocycles. The summed E-state index contributed by atoms with van der Waals surface area (Å²) >= 11 is 3.40. The number of rotatable bonds is 4. The molecule has 4 aromatic rings. The fourth-order valence-corrected chi connectivity index (χ4v) is 3.53. The maximum Gasteiger partial charge on any atom is 0.282 e. The van der Waals surface area contributed by atoms with Gasteiger partial charge in [0.25, 0.3) is 5.56 Å². The Kier molecular flexibility index (Phi) is 5.15. The summed E-state index contributed by atoms with van der Waals surface area (Å²) in [5, 5.41) is 6.92. The number of nitrogens with zero attached hydrogens (tertiary/aromatic N) is 3. The van der Waals surface area contributed by atoms with Crippen LogP contribution >= 0.6 is 15.9 Å². The molecule has 0 saturated heterocycles. The van der Waals surface area contributed by atoms with Crippen LogP contribution < -0.4 is 10.3 Å². The van der Waals surface area contributed by atoms with Crippen molar-refractivity contribution in [3.63, 3.8) is 0 Å². The van der Waals surface area contributed by atoms with Crippen LogP contribution in [0.25, 0.3) is 21.7 Å². The van der Waals surface area contributed by atoms with E-state index in [1.807, 2.05) is 42.5 Å². The van der Waals surface area contributed by atoms with Crippen LogP contribution in [-0.4, -0.2) is 22.5 Å². The Hall–Kier alpha value is -3.43. The summed E-state index contributed by atoms with van der Waals surface area (Å²) in [6.07, 6.45) is 6.96. The first kappa shape index (κ1) is 18.9. The van der Waals surface area contributed by atoms with Crippen molar-refractivity contribution in [1.29, 1.82) is 0 Å². The molecule has 0 amide bonds. The molecule has 0 spiro atoms. The second-order valence-corrected chi connectivity index (χ2v) is 7.29. The predicted octanol–water partition coefficient (Wildman–Crippen LogP) is 4.51. The van der Waals surface area contributed by atoms with Crippen LogP contribution in [0.3, 0.4) is 0 Å². The number of halogens is 1. The Morgan fingerprint density at radius 1 is 1.21 bits per heavy atom. The Morgan fingerprint density at radius 3 is 2.86 bits per heavy atom. The molecule has 142 valence electrons. The van der Waals surface area contributed by atoms with Gasteiger partial charge < -0.3 is 4.74 Å². The zero-order chi connectivity index (χ0) is 20.4. The fourth-order valence-electron chi connectivity index (χ4n) is 3.17. The van der Waals surface area contributed by atoms with E-state index >= 15 is 0 Å².